The predicted octanol–water partition coefficient (Wildman–Crippen LogP) is 1.97. The Bertz CT molecular complexity index is 635. The molecule has 2 N–H and O–H groups in total. The summed E-state index contributed by atoms with van der Waals surface area (Å²) in [5, 5.41) is 20.7. The highest BCUT2D eigenvalue weighted by Gasteiger charge is 2.12. The number of carbonyl (C=O) groups excluding carboxylic acids is 1. The number of esters is 1. The van der Waals surface area contributed by atoms with E-state index in [4.69, 9.17) is 4.74 Å². The molecule has 1 unspecified atom stereocenters. The second-order valence-corrected chi connectivity index (χ2v) is 4.04. The van der Waals surface area contributed by atoms with Gasteiger partial charge < -0.3 is 19.7 Å². The molecule has 0 saturated heterocycles. The maximum atomic E-state index is 10.9. The molecule has 2 aromatic rings. The Labute approximate surface area is 115 Å². The zero-order valence-electron chi connectivity index (χ0n) is 10.7. The van der Waals surface area contributed by atoms with Gasteiger partial charge in [0, 0.05) is 16.8 Å². The molecular weight excluding hydrogens is 260 g/mol. The van der Waals surface area contributed by atoms with Crippen LogP contribution in [-0.2, 0) is 9.53 Å². The molecule has 0 aliphatic rings. The van der Waals surface area contributed by atoms with Gasteiger partial charge >= 0.3 is 5.97 Å². The molecular formula is C15H14O5. The normalized spacial score (nSPS) is 11.8. The van der Waals surface area contributed by atoms with Gasteiger partial charge in [-0.3, -0.25) is 0 Å². The van der Waals surface area contributed by atoms with Crippen LogP contribution in [0.25, 0.3) is 10.8 Å². The predicted molar refractivity (Wildman–Crippen MR) is 73.4 cm³/mol. The highest BCUT2D eigenvalue weighted by Crippen LogP contribution is 2.32. The molecule has 0 bridgehead atoms. The van der Waals surface area contributed by atoms with Crippen molar-refractivity contribution in [2.24, 2.45) is 0 Å². The number of aliphatic hydroxyl groups excluding tert-OH is 1. The molecule has 0 aliphatic carbocycles. The average molecular weight is 274 g/mol. The summed E-state index contributed by atoms with van der Waals surface area (Å²) in [5.41, 5.74) is 0. The molecule has 0 amide bonds. The fourth-order valence-corrected chi connectivity index (χ4v) is 1.75. The number of aliphatic hydroxyl groups is 1. The summed E-state index contributed by atoms with van der Waals surface area (Å²) in [6, 6.07) is 10.1. The highest BCUT2D eigenvalue weighted by atomic mass is 16.6. The van der Waals surface area contributed by atoms with E-state index in [9.17, 15) is 15.0 Å². The zero-order chi connectivity index (χ0) is 14.5. The van der Waals surface area contributed by atoms with Crippen molar-refractivity contribution in [1.82, 2.24) is 0 Å². The number of carbonyl (C=O) groups is 1. The molecule has 0 fully saturated rings. The van der Waals surface area contributed by atoms with Crippen LogP contribution in [0.2, 0.25) is 0 Å². The minimum absolute atomic E-state index is 0.125. The number of benzene rings is 2. The lowest BCUT2D eigenvalue weighted by atomic mass is 10.1. The SMILES string of the molecule is C=CC(=O)OCC(O)Oc1ccc(O)c2ccccc12. The third-order valence-electron chi connectivity index (χ3n) is 2.66. The van der Waals surface area contributed by atoms with Crippen molar-refractivity contribution in [2.75, 3.05) is 6.61 Å². The van der Waals surface area contributed by atoms with Crippen LogP contribution in [0, 0.1) is 0 Å². The molecule has 5 heteroatoms. The molecule has 2 aromatic carbocycles. The van der Waals surface area contributed by atoms with Gasteiger partial charge in [-0.1, -0.05) is 30.8 Å². The molecule has 0 heterocycles. The number of phenols is 1. The van der Waals surface area contributed by atoms with E-state index >= 15 is 0 Å². The van der Waals surface area contributed by atoms with Crippen molar-refractivity contribution in [3.63, 3.8) is 0 Å². The second kappa shape index (κ2) is 6.08. The lowest BCUT2D eigenvalue weighted by molar-refractivity contribution is -0.147. The Balaban J connectivity index is 2.15. The first-order chi connectivity index (χ1) is 9.61. The van der Waals surface area contributed by atoms with Gasteiger partial charge in [-0.25, -0.2) is 4.79 Å². The summed E-state index contributed by atoms with van der Waals surface area (Å²) in [4.78, 5) is 10.9. The van der Waals surface area contributed by atoms with E-state index in [1.165, 1.54) is 12.1 Å². The lowest BCUT2D eigenvalue weighted by Gasteiger charge is -2.15. The number of hydrogen-bond acceptors (Lipinski definition) is 5. The van der Waals surface area contributed by atoms with E-state index in [1.54, 1.807) is 24.3 Å². The molecule has 0 radical (unpaired) electrons. The van der Waals surface area contributed by atoms with Gasteiger partial charge in [0.15, 0.2) is 6.61 Å². The maximum absolute atomic E-state index is 10.9. The highest BCUT2D eigenvalue weighted by molar-refractivity contribution is 5.92. The van der Waals surface area contributed by atoms with Crippen LogP contribution >= 0.6 is 0 Å². The zero-order valence-corrected chi connectivity index (χ0v) is 10.7. The summed E-state index contributed by atoms with van der Waals surface area (Å²) in [6.45, 7) is 2.94. The van der Waals surface area contributed by atoms with Crippen molar-refractivity contribution >= 4 is 16.7 Å². The van der Waals surface area contributed by atoms with E-state index in [1.807, 2.05) is 0 Å². The van der Waals surface area contributed by atoms with Crippen LogP contribution in [-0.4, -0.2) is 29.1 Å². The van der Waals surface area contributed by atoms with Gasteiger partial charge in [0.25, 0.3) is 0 Å². The van der Waals surface area contributed by atoms with Crippen molar-refractivity contribution < 1.29 is 24.5 Å². The van der Waals surface area contributed by atoms with Crippen LogP contribution < -0.4 is 4.74 Å². The van der Waals surface area contributed by atoms with Gasteiger partial charge in [0.2, 0.25) is 6.29 Å². The smallest absolute Gasteiger partial charge is 0.330 e. The molecule has 0 aromatic heterocycles. The fourth-order valence-electron chi connectivity index (χ4n) is 1.75. The molecule has 5 nitrogen and oxygen atoms in total. The molecule has 0 saturated carbocycles. The van der Waals surface area contributed by atoms with Gasteiger partial charge in [0.1, 0.15) is 11.5 Å². The number of rotatable bonds is 5. The van der Waals surface area contributed by atoms with Gasteiger partial charge in [-0.2, -0.15) is 0 Å². The number of aromatic hydroxyl groups is 1. The summed E-state index contributed by atoms with van der Waals surface area (Å²) in [6.07, 6.45) is -0.297. The van der Waals surface area contributed by atoms with E-state index < -0.39 is 12.3 Å². The number of ether oxygens (including phenoxy) is 2. The van der Waals surface area contributed by atoms with Gasteiger partial charge in [0.05, 0.1) is 0 Å². The molecule has 1 atom stereocenters. The van der Waals surface area contributed by atoms with E-state index in [0.29, 0.717) is 16.5 Å². The Morgan fingerprint density at radius 1 is 1.25 bits per heavy atom. The minimum Gasteiger partial charge on any atom is -0.507 e. The van der Waals surface area contributed by atoms with E-state index in [0.717, 1.165) is 6.08 Å². The van der Waals surface area contributed by atoms with Crippen LogP contribution in [0.3, 0.4) is 0 Å². The lowest BCUT2D eigenvalue weighted by Crippen LogP contribution is -2.23. The quantitative estimate of drug-likeness (QED) is 0.495. The largest absolute Gasteiger partial charge is 0.507 e. The van der Waals surface area contributed by atoms with Gasteiger partial charge in [-0.15, -0.1) is 0 Å². The topological polar surface area (TPSA) is 76.0 Å². The van der Waals surface area contributed by atoms with Crippen molar-refractivity contribution in [3.05, 3.63) is 49.1 Å². The monoisotopic (exact) mass is 274 g/mol. The number of hydrogen-bond donors (Lipinski definition) is 2. The number of phenolic OH excluding ortho intramolecular Hbond substituents is 1. The van der Waals surface area contributed by atoms with Crippen LogP contribution in [0.15, 0.2) is 49.1 Å². The first-order valence-corrected chi connectivity index (χ1v) is 5.96. The third kappa shape index (κ3) is 3.07. The summed E-state index contributed by atoms with van der Waals surface area (Å²) < 4.78 is 9.99. The first kappa shape index (κ1) is 13.9. The summed E-state index contributed by atoms with van der Waals surface area (Å²) >= 11 is 0. The molecule has 104 valence electrons. The Morgan fingerprint density at radius 2 is 1.95 bits per heavy atom. The molecule has 20 heavy (non-hydrogen) atoms. The summed E-state index contributed by atoms with van der Waals surface area (Å²) in [5.74, 6) is -0.121. The van der Waals surface area contributed by atoms with Gasteiger partial charge in [-0.05, 0) is 12.1 Å². The van der Waals surface area contributed by atoms with Crippen LogP contribution in [0.1, 0.15) is 0 Å². The number of fused-ring (bicyclic) bond motifs is 1. The average Bonchev–Trinajstić information content (AvgIpc) is 2.48. The maximum Gasteiger partial charge on any atom is 0.330 e. The fraction of sp³-hybridized carbons (Fsp3) is 0.133. The first-order valence-electron chi connectivity index (χ1n) is 5.96. The van der Waals surface area contributed by atoms with Crippen molar-refractivity contribution in [3.8, 4) is 11.5 Å². The van der Waals surface area contributed by atoms with Crippen LogP contribution in [0.5, 0.6) is 11.5 Å². The molecule has 2 rings (SSSR count). The third-order valence-corrected chi connectivity index (χ3v) is 2.66. The Hall–Kier alpha value is -2.53. The molecule has 0 spiro atoms. The van der Waals surface area contributed by atoms with E-state index in [2.05, 4.69) is 11.3 Å². The van der Waals surface area contributed by atoms with Crippen molar-refractivity contribution in [2.45, 2.75) is 6.29 Å². The standard InChI is InChI=1S/C15H14O5/c1-2-14(17)19-9-15(18)20-13-8-7-12(16)10-5-3-4-6-11(10)13/h2-8,15-16,18H,1,9H2. The minimum atomic E-state index is -1.30. The second-order valence-electron chi connectivity index (χ2n) is 4.04. The Morgan fingerprint density at radius 3 is 2.65 bits per heavy atom. The Kier molecular flexibility index (Phi) is 4.22. The summed E-state index contributed by atoms with van der Waals surface area (Å²) in [7, 11) is 0. The van der Waals surface area contributed by atoms with Crippen molar-refractivity contribution in [1.29, 1.82) is 0 Å². The van der Waals surface area contributed by atoms with E-state index in [-0.39, 0.29) is 12.4 Å². The molecule has 0 aliphatic heterocycles. The van der Waals surface area contributed by atoms with Crippen LogP contribution in [0.4, 0.5) is 0 Å².